The molecule has 0 amide bonds. The number of nitrogens with zero attached hydrogens (tertiary/aromatic N) is 2. The van der Waals surface area contributed by atoms with Crippen LogP contribution in [0.4, 0.5) is 13.2 Å². The Kier molecular flexibility index (Phi) is 9.38. The van der Waals surface area contributed by atoms with Crippen LogP contribution in [-0.4, -0.2) is 56.8 Å². The first-order valence-corrected chi connectivity index (χ1v) is 6.66. The summed E-state index contributed by atoms with van der Waals surface area (Å²) in [5, 5.41) is 6.09. The van der Waals surface area contributed by atoms with E-state index in [0.717, 1.165) is 25.9 Å². The molecule has 0 aliphatic heterocycles. The topological polar surface area (TPSA) is 39.7 Å². The number of unbranched alkanes of at least 4 members (excludes halogenated alkanes) is 1. The lowest BCUT2D eigenvalue weighted by atomic mass is 10.3. The summed E-state index contributed by atoms with van der Waals surface area (Å²) in [5.74, 6) is 0.663. The highest BCUT2D eigenvalue weighted by Crippen LogP contribution is 2.14. The van der Waals surface area contributed by atoms with Crippen molar-refractivity contribution in [2.45, 2.75) is 32.9 Å². The first-order chi connectivity index (χ1) is 8.89. The predicted molar refractivity (Wildman–Crippen MR) is 72.4 cm³/mol. The van der Waals surface area contributed by atoms with Crippen LogP contribution in [-0.2, 0) is 0 Å². The molecule has 0 aliphatic carbocycles. The van der Waals surface area contributed by atoms with E-state index in [1.165, 1.54) is 11.9 Å². The maximum absolute atomic E-state index is 12.1. The SMILES string of the molecule is CCCCN=C(NCC)NCCN(C)CC(F)(F)F. The fourth-order valence-corrected chi connectivity index (χ4v) is 1.44. The van der Waals surface area contributed by atoms with Gasteiger partial charge in [0.2, 0.25) is 0 Å². The Hall–Kier alpha value is -0.980. The average molecular weight is 282 g/mol. The van der Waals surface area contributed by atoms with Crippen LogP contribution in [0.25, 0.3) is 0 Å². The van der Waals surface area contributed by atoms with E-state index in [1.54, 1.807) is 0 Å². The molecule has 0 aromatic carbocycles. The largest absolute Gasteiger partial charge is 0.401 e. The number of nitrogens with one attached hydrogen (secondary N) is 2. The lowest BCUT2D eigenvalue weighted by molar-refractivity contribution is -0.142. The molecule has 114 valence electrons. The quantitative estimate of drug-likeness (QED) is 0.405. The monoisotopic (exact) mass is 282 g/mol. The lowest BCUT2D eigenvalue weighted by Crippen LogP contribution is -2.42. The highest BCUT2D eigenvalue weighted by molar-refractivity contribution is 5.79. The number of halogens is 3. The van der Waals surface area contributed by atoms with Crippen LogP contribution in [0.1, 0.15) is 26.7 Å². The van der Waals surface area contributed by atoms with Gasteiger partial charge in [0.15, 0.2) is 5.96 Å². The van der Waals surface area contributed by atoms with Crippen molar-refractivity contribution in [1.29, 1.82) is 0 Å². The summed E-state index contributed by atoms with van der Waals surface area (Å²) < 4.78 is 36.4. The Labute approximate surface area is 113 Å². The number of guanidine groups is 1. The summed E-state index contributed by atoms with van der Waals surface area (Å²) in [7, 11) is 1.45. The number of hydrogen-bond donors (Lipinski definition) is 2. The van der Waals surface area contributed by atoms with E-state index in [1.807, 2.05) is 6.92 Å². The van der Waals surface area contributed by atoms with E-state index in [2.05, 4.69) is 22.5 Å². The zero-order valence-electron chi connectivity index (χ0n) is 12.0. The van der Waals surface area contributed by atoms with Crippen molar-refractivity contribution in [3.8, 4) is 0 Å². The summed E-state index contributed by atoms with van der Waals surface area (Å²) in [6, 6.07) is 0. The van der Waals surface area contributed by atoms with Gasteiger partial charge in [0, 0.05) is 26.2 Å². The highest BCUT2D eigenvalue weighted by Gasteiger charge is 2.28. The van der Waals surface area contributed by atoms with Crippen molar-refractivity contribution < 1.29 is 13.2 Å². The minimum absolute atomic E-state index is 0.317. The molecule has 0 aromatic heterocycles. The van der Waals surface area contributed by atoms with Crippen molar-refractivity contribution >= 4 is 5.96 Å². The summed E-state index contributed by atoms with van der Waals surface area (Å²) in [6.07, 6.45) is -2.07. The van der Waals surface area contributed by atoms with E-state index in [9.17, 15) is 13.2 Å². The fourth-order valence-electron chi connectivity index (χ4n) is 1.44. The van der Waals surface area contributed by atoms with E-state index in [-0.39, 0.29) is 0 Å². The maximum atomic E-state index is 12.1. The van der Waals surface area contributed by atoms with Gasteiger partial charge in [0.1, 0.15) is 0 Å². The zero-order chi connectivity index (χ0) is 14.7. The fraction of sp³-hybridized carbons (Fsp3) is 0.917. The van der Waals surface area contributed by atoms with E-state index < -0.39 is 12.7 Å². The minimum atomic E-state index is -4.14. The molecule has 0 radical (unpaired) electrons. The van der Waals surface area contributed by atoms with Crippen molar-refractivity contribution in [2.75, 3.05) is 39.8 Å². The van der Waals surface area contributed by atoms with Gasteiger partial charge in [-0.3, -0.25) is 9.89 Å². The van der Waals surface area contributed by atoms with Gasteiger partial charge in [-0.05, 0) is 20.4 Å². The Morgan fingerprint density at radius 1 is 1.21 bits per heavy atom. The van der Waals surface area contributed by atoms with Gasteiger partial charge in [0.25, 0.3) is 0 Å². The third-order valence-corrected chi connectivity index (χ3v) is 2.36. The van der Waals surface area contributed by atoms with Gasteiger partial charge in [-0.1, -0.05) is 13.3 Å². The van der Waals surface area contributed by atoms with Gasteiger partial charge in [-0.25, -0.2) is 0 Å². The van der Waals surface area contributed by atoms with Crippen LogP contribution >= 0.6 is 0 Å². The predicted octanol–water partition coefficient (Wildman–Crippen LogP) is 1.84. The zero-order valence-corrected chi connectivity index (χ0v) is 12.0. The molecule has 0 aliphatic rings. The molecule has 2 N–H and O–H groups in total. The number of likely N-dealkylation sites (N-methyl/N-ethyl adjacent to an activating group) is 1. The summed E-state index contributed by atoms with van der Waals surface area (Å²) in [5.41, 5.74) is 0. The van der Waals surface area contributed by atoms with E-state index in [4.69, 9.17) is 0 Å². The molecule has 0 unspecified atom stereocenters. The van der Waals surface area contributed by atoms with Gasteiger partial charge < -0.3 is 10.6 Å². The van der Waals surface area contributed by atoms with Gasteiger partial charge in [-0.15, -0.1) is 0 Å². The Balaban J connectivity index is 3.95. The molecule has 19 heavy (non-hydrogen) atoms. The van der Waals surface area contributed by atoms with Crippen LogP contribution < -0.4 is 10.6 Å². The molecular weight excluding hydrogens is 257 g/mol. The highest BCUT2D eigenvalue weighted by atomic mass is 19.4. The summed E-state index contributed by atoms with van der Waals surface area (Å²) in [6.45, 7) is 5.36. The first kappa shape index (κ1) is 18.0. The normalized spacial score (nSPS) is 12.9. The first-order valence-electron chi connectivity index (χ1n) is 6.66. The molecular formula is C12H25F3N4. The Bertz CT molecular complexity index is 254. The van der Waals surface area contributed by atoms with Crippen molar-refractivity contribution in [3.63, 3.8) is 0 Å². The van der Waals surface area contributed by atoms with Gasteiger partial charge in [0.05, 0.1) is 6.54 Å². The molecule has 0 saturated heterocycles. The van der Waals surface area contributed by atoms with Crippen LogP contribution in [0.2, 0.25) is 0 Å². The molecule has 0 aromatic rings. The number of rotatable bonds is 8. The standard InChI is InChI=1S/C12H25F3N4/c1-4-6-7-17-11(16-5-2)18-8-9-19(3)10-12(13,14)15/h4-10H2,1-3H3,(H2,16,17,18). The number of aliphatic imine (C=N–C) groups is 1. The van der Waals surface area contributed by atoms with Crippen LogP contribution in [0.3, 0.4) is 0 Å². The minimum Gasteiger partial charge on any atom is -0.357 e. The van der Waals surface area contributed by atoms with Crippen molar-refractivity contribution in [1.82, 2.24) is 15.5 Å². The molecule has 0 bridgehead atoms. The molecule has 0 rings (SSSR count). The smallest absolute Gasteiger partial charge is 0.357 e. The third kappa shape index (κ3) is 11.8. The molecule has 0 atom stereocenters. The van der Waals surface area contributed by atoms with Gasteiger partial charge >= 0.3 is 6.18 Å². The van der Waals surface area contributed by atoms with Crippen LogP contribution in [0.5, 0.6) is 0 Å². The molecule has 4 nitrogen and oxygen atoms in total. The lowest BCUT2D eigenvalue weighted by Gasteiger charge is -2.19. The Morgan fingerprint density at radius 2 is 1.89 bits per heavy atom. The van der Waals surface area contributed by atoms with Crippen molar-refractivity contribution in [3.05, 3.63) is 0 Å². The maximum Gasteiger partial charge on any atom is 0.401 e. The Morgan fingerprint density at radius 3 is 2.42 bits per heavy atom. The molecule has 0 heterocycles. The van der Waals surface area contributed by atoms with E-state index >= 15 is 0 Å². The second kappa shape index (κ2) is 9.89. The number of alkyl halides is 3. The van der Waals surface area contributed by atoms with Crippen LogP contribution in [0, 0.1) is 0 Å². The molecule has 7 heteroatoms. The second-order valence-corrected chi connectivity index (χ2v) is 4.39. The number of hydrogen-bond acceptors (Lipinski definition) is 2. The van der Waals surface area contributed by atoms with Crippen LogP contribution in [0.15, 0.2) is 4.99 Å². The molecule has 0 fully saturated rings. The van der Waals surface area contributed by atoms with E-state index in [0.29, 0.717) is 19.0 Å². The summed E-state index contributed by atoms with van der Waals surface area (Å²) >= 11 is 0. The second-order valence-electron chi connectivity index (χ2n) is 4.39. The summed E-state index contributed by atoms with van der Waals surface area (Å²) in [4.78, 5) is 5.57. The molecule has 0 saturated carbocycles. The van der Waals surface area contributed by atoms with Crippen molar-refractivity contribution in [2.24, 2.45) is 4.99 Å². The third-order valence-electron chi connectivity index (χ3n) is 2.36. The average Bonchev–Trinajstić information content (AvgIpc) is 2.27. The molecule has 0 spiro atoms. The van der Waals surface area contributed by atoms with Gasteiger partial charge in [-0.2, -0.15) is 13.2 Å².